The van der Waals surface area contributed by atoms with Gasteiger partial charge in [0, 0.05) is 5.92 Å². The number of hydrogen-bond acceptors (Lipinski definition) is 1. The van der Waals surface area contributed by atoms with Gasteiger partial charge in [0.2, 0.25) is 0 Å². The molecule has 1 fully saturated rings. The number of carbonyl (C=O) groups excluding carboxylic acids is 1. The molecule has 1 heteroatoms. The Labute approximate surface area is 112 Å². The molecule has 1 nitrogen and oxygen atoms in total. The van der Waals surface area contributed by atoms with E-state index < -0.39 is 0 Å². The van der Waals surface area contributed by atoms with Gasteiger partial charge in [0.05, 0.1) is 0 Å². The summed E-state index contributed by atoms with van der Waals surface area (Å²) in [6.07, 6.45) is 14.4. The summed E-state index contributed by atoms with van der Waals surface area (Å²) in [7, 11) is 0. The largest absolute Gasteiger partial charge is 0.294 e. The number of ketones is 1. The predicted octanol–water partition coefficient (Wildman–Crippen LogP) is 5.05. The first kappa shape index (κ1) is 13.8. The van der Waals surface area contributed by atoms with Crippen molar-refractivity contribution in [3.63, 3.8) is 0 Å². The molecule has 0 radical (unpaired) electrons. The third-order valence-corrected chi connectivity index (χ3v) is 4.93. The summed E-state index contributed by atoms with van der Waals surface area (Å²) >= 11 is 0. The SMILES string of the molecule is CC1(C)CCCCC1C(=O)C1=CCCCCCC1. The van der Waals surface area contributed by atoms with Crippen molar-refractivity contribution in [2.24, 2.45) is 11.3 Å². The average Bonchev–Trinajstić information content (AvgIpc) is 2.27. The van der Waals surface area contributed by atoms with Crippen molar-refractivity contribution in [3.8, 4) is 0 Å². The van der Waals surface area contributed by atoms with Crippen molar-refractivity contribution in [1.29, 1.82) is 0 Å². The van der Waals surface area contributed by atoms with Crippen molar-refractivity contribution in [2.45, 2.75) is 78.1 Å². The van der Waals surface area contributed by atoms with Crippen LogP contribution in [0.5, 0.6) is 0 Å². The molecule has 1 saturated carbocycles. The summed E-state index contributed by atoms with van der Waals surface area (Å²) in [6, 6.07) is 0. The first-order valence-corrected chi connectivity index (χ1v) is 7.84. The Morgan fingerprint density at radius 3 is 2.67 bits per heavy atom. The van der Waals surface area contributed by atoms with Crippen LogP contribution in [0.15, 0.2) is 11.6 Å². The third kappa shape index (κ3) is 3.24. The van der Waals surface area contributed by atoms with E-state index in [1.807, 2.05) is 0 Å². The summed E-state index contributed by atoms with van der Waals surface area (Å²) in [4.78, 5) is 12.8. The maximum atomic E-state index is 12.8. The Morgan fingerprint density at radius 1 is 1.11 bits per heavy atom. The third-order valence-electron chi connectivity index (χ3n) is 4.93. The highest BCUT2D eigenvalue weighted by Gasteiger charge is 2.37. The maximum absolute atomic E-state index is 12.8. The molecule has 0 heterocycles. The number of Topliss-reactive ketones (excluding diaryl/α,β-unsaturated/α-hetero) is 1. The van der Waals surface area contributed by atoms with Gasteiger partial charge in [-0.1, -0.05) is 45.6 Å². The second-order valence-electron chi connectivity index (χ2n) is 6.83. The van der Waals surface area contributed by atoms with Gasteiger partial charge in [-0.2, -0.15) is 0 Å². The van der Waals surface area contributed by atoms with E-state index >= 15 is 0 Å². The van der Waals surface area contributed by atoms with Crippen LogP contribution < -0.4 is 0 Å². The first-order chi connectivity index (χ1) is 8.61. The van der Waals surface area contributed by atoms with Crippen molar-refractivity contribution in [1.82, 2.24) is 0 Å². The van der Waals surface area contributed by atoms with Gasteiger partial charge in [0.25, 0.3) is 0 Å². The van der Waals surface area contributed by atoms with Crippen LogP contribution in [0.1, 0.15) is 78.1 Å². The molecule has 102 valence electrons. The van der Waals surface area contributed by atoms with Crippen LogP contribution in [0.25, 0.3) is 0 Å². The van der Waals surface area contributed by atoms with Crippen LogP contribution in [-0.4, -0.2) is 5.78 Å². The fraction of sp³-hybridized carbons (Fsp3) is 0.824. The number of rotatable bonds is 2. The second kappa shape index (κ2) is 6.04. The van der Waals surface area contributed by atoms with Crippen molar-refractivity contribution in [3.05, 3.63) is 11.6 Å². The van der Waals surface area contributed by atoms with Gasteiger partial charge < -0.3 is 0 Å². The lowest BCUT2D eigenvalue weighted by molar-refractivity contribution is -0.124. The van der Waals surface area contributed by atoms with Crippen molar-refractivity contribution >= 4 is 5.78 Å². The summed E-state index contributed by atoms with van der Waals surface area (Å²) in [5, 5.41) is 0. The standard InChI is InChI=1S/C17H28O/c1-17(2)13-9-8-12-15(17)16(18)14-10-6-4-3-5-7-11-14/h10,15H,3-9,11-13H2,1-2H3. The number of hydrogen-bond donors (Lipinski definition) is 0. The highest BCUT2D eigenvalue weighted by atomic mass is 16.1. The highest BCUT2D eigenvalue weighted by Crippen LogP contribution is 2.42. The molecule has 0 spiro atoms. The van der Waals surface area contributed by atoms with E-state index in [0.717, 1.165) is 24.8 Å². The Morgan fingerprint density at radius 2 is 1.89 bits per heavy atom. The van der Waals surface area contributed by atoms with Crippen LogP contribution in [0.2, 0.25) is 0 Å². The van der Waals surface area contributed by atoms with Gasteiger partial charge in [0.1, 0.15) is 0 Å². The van der Waals surface area contributed by atoms with E-state index in [1.54, 1.807) is 0 Å². The minimum absolute atomic E-state index is 0.221. The molecule has 18 heavy (non-hydrogen) atoms. The summed E-state index contributed by atoms with van der Waals surface area (Å²) in [6.45, 7) is 4.58. The zero-order valence-electron chi connectivity index (χ0n) is 12.1. The monoisotopic (exact) mass is 248 g/mol. The van der Waals surface area contributed by atoms with Gasteiger partial charge in [-0.25, -0.2) is 0 Å². The van der Waals surface area contributed by atoms with Crippen LogP contribution >= 0.6 is 0 Å². The Hall–Kier alpha value is -0.590. The molecule has 0 saturated heterocycles. The normalized spacial score (nSPS) is 29.0. The molecular weight excluding hydrogens is 220 g/mol. The second-order valence-corrected chi connectivity index (χ2v) is 6.83. The summed E-state index contributed by atoms with van der Waals surface area (Å²) < 4.78 is 0. The fourth-order valence-corrected chi connectivity index (χ4v) is 3.62. The Balaban J connectivity index is 2.08. The molecule has 0 aromatic carbocycles. The molecule has 0 aromatic heterocycles. The van der Waals surface area contributed by atoms with E-state index in [0.29, 0.717) is 5.78 Å². The smallest absolute Gasteiger partial charge is 0.162 e. The lowest BCUT2D eigenvalue weighted by atomic mass is 9.66. The summed E-state index contributed by atoms with van der Waals surface area (Å²) in [5.74, 6) is 0.776. The molecule has 1 atom stereocenters. The first-order valence-electron chi connectivity index (χ1n) is 7.84. The minimum Gasteiger partial charge on any atom is -0.294 e. The van der Waals surface area contributed by atoms with Gasteiger partial charge in [-0.3, -0.25) is 4.79 Å². The van der Waals surface area contributed by atoms with Crippen LogP contribution in [-0.2, 0) is 4.79 Å². The van der Waals surface area contributed by atoms with Gasteiger partial charge in [-0.15, -0.1) is 0 Å². The lowest BCUT2D eigenvalue weighted by Gasteiger charge is -2.38. The van der Waals surface area contributed by atoms with E-state index in [1.165, 1.54) is 44.9 Å². The van der Waals surface area contributed by atoms with Gasteiger partial charge >= 0.3 is 0 Å². The van der Waals surface area contributed by atoms with Crippen molar-refractivity contribution in [2.75, 3.05) is 0 Å². The zero-order valence-corrected chi connectivity index (χ0v) is 12.1. The topological polar surface area (TPSA) is 17.1 Å². The van der Waals surface area contributed by atoms with E-state index in [9.17, 15) is 4.79 Å². The van der Waals surface area contributed by atoms with Crippen LogP contribution in [0.4, 0.5) is 0 Å². The van der Waals surface area contributed by atoms with Crippen molar-refractivity contribution < 1.29 is 4.79 Å². The van der Waals surface area contributed by atoms with Crippen LogP contribution in [0, 0.1) is 11.3 Å². The highest BCUT2D eigenvalue weighted by molar-refractivity contribution is 5.97. The Bertz CT molecular complexity index is 325. The molecule has 0 N–H and O–H groups in total. The molecule has 0 aliphatic heterocycles. The lowest BCUT2D eigenvalue weighted by Crippen LogP contribution is -2.34. The Kier molecular flexibility index (Phi) is 4.64. The molecule has 0 aromatic rings. The zero-order chi connectivity index (χ0) is 13.0. The van der Waals surface area contributed by atoms with Crippen LogP contribution in [0.3, 0.4) is 0 Å². The minimum atomic E-state index is 0.221. The van der Waals surface area contributed by atoms with Gasteiger partial charge in [0.15, 0.2) is 5.78 Å². The quantitative estimate of drug-likeness (QED) is 0.668. The van der Waals surface area contributed by atoms with E-state index in [4.69, 9.17) is 0 Å². The molecule has 2 aliphatic rings. The molecule has 2 aliphatic carbocycles. The predicted molar refractivity (Wildman–Crippen MR) is 76.5 cm³/mol. The molecular formula is C17H28O. The molecule has 1 unspecified atom stereocenters. The average molecular weight is 248 g/mol. The number of carbonyl (C=O) groups is 1. The number of allylic oxidation sites excluding steroid dienone is 2. The molecule has 2 rings (SSSR count). The maximum Gasteiger partial charge on any atom is 0.162 e. The molecule has 0 bridgehead atoms. The summed E-state index contributed by atoms with van der Waals surface area (Å²) in [5.41, 5.74) is 1.38. The fourth-order valence-electron chi connectivity index (χ4n) is 3.62. The van der Waals surface area contributed by atoms with Gasteiger partial charge in [-0.05, 0) is 49.5 Å². The molecule has 0 amide bonds. The van der Waals surface area contributed by atoms with E-state index in [-0.39, 0.29) is 11.3 Å². The van der Waals surface area contributed by atoms with E-state index in [2.05, 4.69) is 19.9 Å².